The molecule has 0 aliphatic carbocycles. The summed E-state index contributed by atoms with van der Waals surface area (Å²) in [6.45, 7) is 1.34. The molecule has 1 aromatic rings. The first-order valence-corrected chi connectivity index (χ1v) is 5.20. The summed E-state index contributed by atoms with van der Waals surface area (Å²) in [6, 6.07) is 1.60. The summed E-state index contributed by atoms with van der Waals surface area (Å²) in [5, 5.41) is 4.64. The molecule has 0 spiro atoms. The van der Waals surface area contributed by atoms with E-state index in [4.69, 9.17) is 5.73 Å². The zero-order valence-electron chi connectivity index (χ0n) is 9.72. The maximum absolute atomic E-state index is 13.1. The van der Waals surface area contributed by atoms with E-state index < -0.39 is 23.4 Å². The van der Waals surface area contributed by atoms with Gasteiger partial charge in [-0.1, -0.05) is 0 Å². The maximum atomic E-state index is 13.1. The van der Waals surface area contributed by atoms with Gasteiger partial charge in [0, 0.05) is 32.0 Å². The summed E-state index contributed by atoms with van der Waals surface area (Å²) in [4.78, 5) is 22.2. The third-order valence-corrected chi connectivity index (χ3v) is 2.02. The molecule has 0 unspecified atom stereocenters. The van der Waals surface area contributed by atoms with E-state index in [-0.39, 0.29) is 24.3 Å². The van der Waals surface area contributed by atoms with E-state index in [1.165, 1.54) is 6.92 Å². The van der Waals surface area contributed by atoms with Crippen molar-refractivity contribution in [3.05, 3.63) is 23.8 Å². The Hall–Kier alpha value is -2.02. The number of benzene rings is 1. The molecule has 0 saturated carbocycles. The Bertz CT molecular complexity index is 478. The van der Waals surface area contributed by atoms with Gasteiger partial charge in [-0.2, -0.15) is 0 Å². The van der Waals surface area contributed by atoms with Gasteiger partial charge in [-0.15, -0.1) is 0 Å². The molecule has 1 aromatic carbocycles. The smallest absolute Gasteiger partial charge is 0.225 e. The first-order valence-electron chi connectivity index (χ1n) is 5.20. The van der Waals surface area contributed by atoms with Crippen LogP contribution < -0.4 is 16.4 Å². The molecule has 2 amide bonds. The molecule has 5 nitrogen and oxygen atoms in total. The van der Waals surface area contributed by atoms with E-state index in [9.17, 15) is 18.4 Å². The number of halogens is 2. The average molecular weight is 257 g/mol. The number of amides is 2. The predicted octanol–water partition coefficient (Wildman–Crippen LogP) is 1.21. The molecule has 0 heterocycles. The highest BCUT2D eigenvalue weighted by Gasteiger charge is 2.12. The molecule has 0 fully saturated rings. The number of rotatable bonds is 4. The zero-order valence-corrected chi connectivity index (χ0v) is 9.72. The van der Waals surface area contributed by atoms with Crippen LogP contribution in [0, 0.1) is 11.6 Å². The highest BCUT2D eigenvalue weighted by Crippen LogP contribution is 2.25. The minimum absolute atomic E-state index is 0.00762. The molecule has 0 bridgehead atoms. The number of nitrogens with one attached hydrogen (secondary N) is 2. The molecule has 4 N–H and O–H groups in total. The van der Waals surface area contributed by atoms with Crippen molar-refractivity contribution < 1.29 is 18.4 Å². The molecular formula is C11H13F2N3O2. The Balaban J connectivity index is 3.03. The minimum Gasteiger partial charge on any atom is -0.330 e. The van der Waals surface area contributed by atoms with Crippen molar-refractivity contribution in [1.29, 1.82) is 0 Å². The summed E-state index contributed by atoms with van der Waals surface area (Å²) in [5.74, 6) is -3.15. The van der Waals surface area contributed by atoms with Crippen LogP contribution in [0.4, 0.5) is 20.2 Å². The van der Waals surface area contributed by atoms with Crippen molar-refractivity contribution in [2.24, 2.45) is 5.73 Å². The summed E-state index contributed by atoms with van der Waals surface area (Å²) in [5.41, 5.74) is 5.17. The van der Waals surface area contributed by atoms with Crippen LogP contribution in [0.1, 0.15) is 13.3 Å². The van der Waals surface area contributed by atoms with E-state index >= 15 is 0 Å². The lowest BCUT2D eigenvalue weighted by Gasteiger charge is -2.11. The summed E-state index contributed by atoms with van der Waals surface area (Å²) in [7, 11) is 0. The lowest BCUT2D eigenvalue weighted by atomic mass is 10.2. The van der Waals surface area contributed by atoms with Crippen molar-refractivity contribution in [2.75, 3.05) is 17.2 Å². The van der Waals surface area contributed by atoms with Gasteiger partial charge in [-0.05, 0) is 0 Å². The van der Waals surface area contributed by atoms with Crippen LogP contribution in [0.5, 0.6) is 0 Å². The number of hydrogen-bond acceptors (Lipinski definition) is 3. The summed E-state index contributed by atoms with van der Waals surface area (Å²) in [6.07, 6.45) is 0.0402. The number of carbonyl (C=O) groups excluding carboxylic acids is 2. The normalized spacial score (nSPS) is 10.0. The van der Waals surface area contributed by atoms with Crippen molar-refractivity contribution in [1.82, 2.24) is 0 Å². The van der Waals surface area contributed by atoms with Crippen LogP contribution in [0.2, 0.25) is 0 Å². The summed E-state index contributed by atoms with van der Waals surface area (Å²) >= 11 is 0. The highest BCUT2D eigenvalue weighted by atomic mass is 19.2. The Morgan fingerprint density at radius 3 is 2.11 bits per heavy atom. The zero-order chi connectivity index (χ0) is 13.7. The topological polar surface area (TPSA) is 84.2 Å². The largest absolute Gasteiger partial charge is 0.330 e. The van der Waals surface area contributed by atoms with Gasteiger partial charge < -0.3 is 16.4 Å². The van der Waals surface area contributed by atoms with E-state index in [0.717, 1.165) is 12.1 Å². The Labute approximate surface area is 102 Å². The first-order chi connectivity index (χ1) is 8.43. The van der Waals surface area contributed by atoms with E-state index in [2.05, 4.69) is 10.6 Å². The molecule has 0 atom stereocenters. The van der Waals surface area contributed by atoms with Gasteiger partial charge in [0.05, 0.1) is 11.4 Å². The Morgan fingerprint density at radius 1 is 1.17 bits per heavy atom. The molecule has 0 saturated heterocycles. The monoisotopic (exact) mass is 257 g/mol. The number of hydrogen-bond donors (Lipinski definition) is 3. The van der Waals surface area contributed by atoms with Crippen LogP contribution in [-0.4, -0.2) is 18.4 Å². The second-order valence-corrected chi connectivity index (χ2v) is 3.58. The van der Waals surface area contributed by atoms with Crippen LogP contribution in [0.25, 0.3) is 0 Å². The third kappa shape index (κ3) is 3.77. The number of anilines is 2. The molecule has 1 rings (SSSR count). The number of nitrogens with two attached hydrogens (primary N) is 1. The molecule has 0 aromatic heterocycles. The molecule has 0 aliphatic heterocycles. The van der Waals surface area contributed by atoms with Gasteiger partial charge in [-0.25, -0.2) is 8.78 Å². The van der Waals surface area contributed by atoms with Crippen molar-refractivity contribution in [3.8, 4) is 0 Å². The molecule has 0 radical (unpaired) electrons. The van der Waals surface area contributed by atoms with Gasteiger partial charge in [0.2, 0.25) is 11.8 Å². The fourth-order valence-corrected chi connectivity index (χ4v) is 1.29. The van der Waals surface area contributed by atoms with Gasteiger partial charge in [0.25, 0.3) is 0 Å². The van der Waals surface area contributed by atoms with E-state index in [1.807, 2.05) is 0 Å². The quantitative estimate of drug-likeness (QED) is 0.758. The van der Waals surface area contributed by atoms with Crippen molar-refractivity contribution in [3.63, 3.8) is 0 Å². The van der Waals surface area contributed by atoms with Crippen LogP contribution in [0.15, 0.2) is 12.1 Å². The van der Waals surface area contributed by atoms with Crippen molar-refractivity contribution >= 4 is 23.2 Å². The van der Waals surface area contributed by atoms with Gasteiger partial charge in [0.1, 0.15) is 0 Å². The molecule has 98 valence electrons. The summed E-state index contributed by atoms with van der Waals surface area (Å²) < 4.78 is 26.1. The maximum Gasteiger partial charge on any atom is 0.225 e. The second-order valence-electron chi connectivity index (χ2n) is 3.58. The predicted molar refractivity (Wildman–Crippen MR) is 63.0 cm³/mol. The standard InChI is InChI=1S/C11H13F2N3O2/c1-6(17)15-9-4-7(12)8(13)5-10(9)16-11(18)2-3-14/h4-5H,2-3,14H2,1H3,(H,15,17)(H,16,18). The van der Waals surface area contributed by atoms with Gasteiger partial charge in [0.15, 0.2) is 11.6 Å². The van der Waals surface area contributed by atoms with E-state index in [1.54, 1.807) is 0 Å². The van der Waals surface area contributed by atoms with Crippen LogP contribution in [0.3, 0.4) is 0 Å². The number of carbonyl (C=O) groups is 2. The Kier molecular flexibility index (Phi) is 4.73. The van der Waals surface area contributed by atoms with Gasteiger partial charge in [-0.3, -0.25) is 9.59 Å². The fourth-order valence-electron chi connectivity index (χ4n) is 1.29. The fraction of sp³-hybridized carbons (Fsp3) is 0.273. The molecular weight excluding hydrogens is 244 g/mol. The molecule has 0 aliphatic rings. The Morgan fingerprint density at radius 2 is 1.67 bits per heavy atom. The van der Waals surface area contributed by atoms with Crippen LogP contribution >= 0.6 is 0 Å². The molecule has 7 heteroatoms. The first kappa shape index (κ1) is 14.0. The lowest BCUT2D eigenvalue weighted by Crippen LogP contribution is -2.18. The van der Waals surface area contributed by atoms with Crippen molar-refractivity contribution in [2.45, 2.75) is 13.3 Å². The lowest BCUT2D eigenvalue weighted by molar-refractivity contribution is -0.116. The molecule has 18 heavy (non-hydrogen) atoms. The third-order valence-electron chi connectivity index (χ3n) is 2.02. The van der Waals surface area contributed by atoms with E-state index in [0.29, 0.717) is 0 Å². The average Bonchev–Trinajstić information content (AvgIpc) is 2.25. The van der Waals surface area contributed by atoms with Gasteiger partial charge >= 0.3 is 0 Å². The second kappa shape index (κ2) is 6.06. The SMILES string of the molecule is CC(=O)Nc1cc(F)c(F)cc1NC(=O)CCN. The van der Waals surface area contributed by atoms with Crippen LogP contribution in [-0.2, 0) is 9.59 Å². The highest BCUT2D eigenvalue weighted by molar-refractivity contribution is 5.98. The minimum atomic E-state index is -1.12.